The van der Waals surface area contributed by atoms with E-state index in [1.165, 1.54) is 12.1 Å². The second-order valence-corrected chi connectivity index (χ2v) is 7.56. The molecule has 0 saturated carbocycles. The van der Waals surface area contributed by atoms with Crippen LogP contribution in [0.1, 0.15) is 29.2 Å². The molecule has 1 aliphatic rings. The number of hydrogen-bond donors (Lipinski definition) is 0. The van der Waals surface area contributed by atoms with Crippen LogP contribution in [0.2, 0.25) is 0 Å². The molecule has 0 fully saturated rings. The third kappa shape index (κ3) is 3.27. The molecule has 2 aromatic carbocycles. The van der Waals surface area contributed by atoms with E-state index in [9.17, 15) is 12.8 Å². The van der Waals surface area contributed by atoms with Gasteiger partial charge in [0.1, 0.15) is 5.82 Å². The lowest BCUT2D eigenvalue weighted by atomic mass is 9.99. The molecule has 1 unspecified atom stereocenters. The fourth-order valence-corrected chi connectivity index (χ4v) is 3.55. The summed E-state index contributed by atoms with van der Waals surface area (Å²) in [6, 6.07) is 13.2. The van der Waals surface area contributed by atoms with Gasteiger partial charge in [-0.3, -0.25) is 0 Å². The van der Waals surface area contributed by atoms with Crippen molar-refractivity contribution >= 4 is 15.7 Å². The molecule has 2 aromatic rings. The number of rotatable bonds is 3. The standard InChI is InChI=1S/C17H17FN2O2S/c1-12-3-5-13(6-4-12)16-11-17(20(19-16)23(2,21)22)14-7-9-15(18)10-8-14/h3-10,17H,11H2,1-2H3. The number of halogens is 1. The highest BCUT2D eigenvalue weighted by atomic mass is 32.2. The van der Waals surface area contributed by atoms with E-state index in [1.54, 1.807) is 12.1 Å². The summed E-state index contributed by atoms with van der Waals surface area (Å²) in [7, 11) is -3.51. The van der Waals surface area contributed by atoms with Gasteiger partial charge in [0.2, 0.25) is 10.0 Å². The Hall–Kier alpha value is -2.21. The van der Waals surface area contributed by atoms with Gasteiger partial charge in [-0.25, -0.2) is 12.8 Å². The van der Waals surface area contributed by atoms with Gasteiger partial charge in [-0.1, -0.05) is 42.0 Å². The average molecular weight is 332 g/mol. The van der Waals surface area contributed by atoms with E-state index in [-0.39, 0.29) is 5.82 Å². The van der Waals surface area contributed by atoms with E-state index in [0.717, 1.165) is 27.4 Å². The molecule has 1 aliphatic heterocycles. The van der Waals surface area contributed by atoms with Gasteiger partial charge in [-0.15, -0.1) is 0 Å². The average Bonchev–Trinajstić information content (AvgIpc) is 2.94. The Bertz CT molecular complexity index is 843. The lowest BCUT2D eigenvalue weighted by Crippen LogP contribution is -2.25. The second-order valence-electron chi connectivity index (χ2n) is 5.72. The second kappa shape index (κ2) is 5.77. The SMILES string of the molecule is Cc1ccc(C2=NN(S(C)(=O)=O)C(c3ccc(F)cc3)C2)cc1. The first-order valence-corrected chi connectivity index (χ1v) is 9.09. The lowest BCUT2D eigenvalue weighted by Gasteiger charge is -2.21. The topological polar surface area (TPSA) is 49.7 Å². The van der Waals surface area contributed by atoms with Gasteiger partial charge >= 0.3 is 0 Å². The van der Waals surface area contributed by atoms with Crippen molar-refractivity contribution in [2.45, 2.75) is 19.4 Å². The van der Waals surface area contributed by atoms with E-state index < -0.39 is 16.1 Å². The molecule has 0 saturated heterocycles. The van der Waals surface area contributed by atoms with Gasteiger partial charge in [0, 0.05) is 6.42 Å². The minimum Gasteiger partial charge on any atom is -0.207 e. The third-order valence-corrected chi connectivity index (χ3v) is 4.87. The molecule has 0 aliphatic carbocycles. The van der Waals surface area contributed by atoms with Gasteiger partial charge in [0.25, 0.3) is 0 Å². The van der Waals surface area contributed by atoms with Crippen molar-refractivity contribution in [3.63, 3.8) is 0 Å². The van der Waals surface area contributed by atoms with Crippen molar-refractivity contribution in [2.75, 3.05) is 6.26 Å². The van der Waals surface area contributed by atoms with Crippen molar-refractivity contribution in [3.05, 3.63) is 71.0 Å². The Labute approximate surface area is 135 Å². The van der Waals surface area contributed by atoms with E-state index in [4.69, 9.17) is 0 Å². The van der Waals surface area contributed by atoms with E-state index >= 15 is 0 Å². The van der Waals surface area contributed by atoms with Crippen LogP contribution in [0.4, 0.5) is 4.39 Å². The zero-order valence-electron chi connectivity index (χ0n) is 12.9. The molecule has 120 valence electrons. The van der Waals surface area contributed by atoms with Gasteiger partial charge in [0.15, 0.2) is 0 Å². The molecule has 3 rings (SSSR count). The smallest absolute Gasteiger partial charge is 0.207 e. The van der Waals surface area contributed by atoms with Crippen LogP contribution in [0.3, 0.4) is 0 Å². The molecule has 0 bridgehead atoms. The molecule has 0 spiro atoms. The van der Waals surface area contributed by atoms with Gasteiger partial charge in [-0.2, -0.15) is 9.52 Å². The fraction of sp³-hybridized carbons (Fsp3) is 0.235. The maximum absolute atomic E-state index is 13.1. The summed E-state index contributed by atoms with van der Waals surface area (Å²) >= 11 is 0. The highest BCUT2D eigenvalue weighted by Crippen LogP contribution is 2.34. The Morgan fingerprint density at radius 2 is 1.70 bits per heavy atom. The predicted molar refractivity (Wildman–Crippen MR) is 88.2 cm³/mol. The highest BCUT2D eigenvalue weighted by molar-refractivity contribution is 7.88. The van der Waals surface area contributed by atoms with Gasteiger partial charge in [-0.05, 0) is 30.2 Å². The van der Waals surface area contributed by atoms with E-state index in [0.29, 0.717) is 12.1 Å². The van der Waals surface area contributed by atoms with Crippen LogP contribution in [-0.4, -0.2) is 24.8 Å². The monoisotopic (exact) mass is 332 g/mol. The zero-order chi connectivity index (χ0) is 16.6. The van der Waals surface area contributed by atoms with Crippen molar-refractivity contribution in [1.29, 1.82) is 0 Å². The first-order valence-electron chi connectivity index (χ1n) is 7.24. The molecule has 0 N–H and O–H groups in total. The normalized spacial score (nSPS) is 18.1. The number of aryl methyl sites for hydroxylation is 1. The van der Waals surface area contributed by atoms with Crippen molar-refractivity contribution in [1.82, 2.24) is 4.41 Å². The first-order chi connectivity index (χ1) is 10.8. The maximum atomic E-state index is 13.1. The predicted octanol–water partition coefficient (Wildman–Crippen LogP) is 3.24. The third-order valence-electron chi connectivity index (χ3n) is 3.85. The molecule has 1 atom stereocenters. The Morgan fingerprint density at radius 1 is 1.09 bits per heavy atom. The Balaban J connectivity index is 1.99. The Morgan fingerprint density at radius 3 is 2.26 bits per heavy atom. The molecule has 4 nitrogen and oxygen atoms in total. The fourth-order valence-electron chi connectivity index (χ4n) is 2.65. The van der Waals surface area contributed by atoms with Crippen molar-refractivity contribution < 1.29 is 12.8 Å². The van der Waals surface area contributed by atoms with E-state index in [1.807, 2.05) is 31.2 Å². The number of benzene rings is 2. The Kier molecular flexibility index (Phi) is 3.93. The quantitative estimate of drug-likeness (QED) is 0.866. The molecule has 23 heavy (non-hydrogen) atoms. The van der Waals surface area contributed by atoms with Crippen molar-refractivity contribution in [2.24, 2.45) is 5.10 Å². The summed E-state index contributed by atoms with van der Waals surface area (Å²) in [5, 5.41) is 4.31. The van der Waals surface area contributed by atoms with Crippen LogP contribution < -0.4 is 0 Å². The van der Waals surface area contributed by atoms with Crippen LogP contribution in [0, 0.1) is 12.7 Å². The summed E-state index contributed by atoms with van der Waals surface area (Å²) in [6.45, 7) is 1.99. The zero-order valence-corrected chi connectivity index (χ0v) is 13.7. The maximum Gasteiger partial charge on any atom is 0.247 e. The summed E-state index contributed by atoms with van der Waals surface area (Å²) in [5.41, 5.74) is 3.46. The van der Waals surface area contributed by atoms with Crippen LogP contribution in [0.15, 0.2) is 53.6 Å². The molecule has 0 amide bonds. The van der Waals surface area contributed by atoms with Crippen LogP contribution >= 0.6 is 0 Å². The molecule has 6 heteroatoms. The van der Waals surface area contributed by atoms with Gasteiger partial charge in [0.05, 0.1) is 18.0 Å². The summed E-state index contributed by atoms with van der Waals surface area (Å²) < 4.78 is 38.4. The number of hydrazone groups is 1. The largest absolute Gasteiger partial charge is 0.247 e. The molecule has 1 heterocycles. The number of sulfonamides is 1. The lowest BCUT2D eigenvalue weighted by molar-refractivity contribution is 0.374. The summed E-state index contributed by atoms with van der Waals surface area (Å²) in [5.74, 6) is -0.350. The first kappa shape index (κ1) is 15.7. The van der Waals surface area contributed by atoms with Crippen LogP contribution in [0.5, 0.6) is 0 Å². The number of hydrogen-bond acceptors (Lipinski definition) is 3. The minimum absolute atomic E-state index is 0.350. The van der Waals surface area contributed by atoms with Crippen molar-refractivity contribution in [3.8, 4) is 0 Å². The molecular weight excluding hydrogens is 315 g/mol. The molecule has 0 aromatic heterocycles. The van der Waals surface area contributed by atoms with Gasteiger partial charge < -0.3 is 0 Å². The van der Waals surface area contributed by atoms with Crippen LogP contribution in [0.25, 0.3) is 0 Å². The highest BCUT2D eigenvalue weighted by Gasteiger charge is 2.34. The number of nitrogens with zero attached hydrogens (tertiary/aromatic N) is 2. The molecule has 0 radical (unpaired) electrons. The minimum atomic E-state index is -3.51. The van der Waals surface area contributed by atoms with Crippen LogP contribution in [-0.2, 0) is 10.0 Å². The summed E-state index contributed by atoms with van der Waals surface area (Å²) in [6.07, 6.45) is 1.59. The molecular formula is C17H17FN2O2S. The summed E-state index contributed by atoms with van der Waals surface area (Å²) in [4.78, 5) is 0. The van der Waals surface area contributed by atoms with E-state index in [2.05, 4.69) is 5.10 Å².